The van der Waals surface area contributed by atoms with Crippen LogP contribution in [0, 0.1) is 0 Å². The molecule has 0 fully saturated rings. The second-order valence-corrected chi connectivity index (χ2v) is 4.61. The fourth-order valence-corrected chi connectivity index (χ4v) is 1.87. The summed E-state index contributed by atoms with van der Waals surface area (Å²) in [6.07, 6.45) is 6.16. The van der Waals surface area contributed by atoms with Gasteiger partial charge in [0.1, 0.15) is 0 Å². The molecule has 94 valence electrons. The molecule has 0 saturated heterocycles. The quantitative estimate of drug-likeness (QED) is 0.724. The molecular weight excluding hydrogens is 212 g/mol. The molecule has 1 aromatic carbocycles. The maximum absolute atomic E-state index is 10.8. The molecule has 0 amide bonds. The lowest BCUT2D eigenvalue weighted by Gasteiger charge is -2.07. The molecule has 2 heteroatoms. The highest BCUT2D eigenvalue weighted by Gasteiger charge is 2.12. The van der Waals surface area contributed by atoms with Crippen LogP contribution in [-0.4, -0.2) is 11.1 Å². The molecule has 0 aliphatic heterocycles. The number of hydrogen-bond donors (Lipinski definition) is 1. The van der Waals surface area contributed by atoms with Crippen LogP contribution < -0.4 is 0 Å². The third-order valence-corrected chi connectivity index (χ3v) is 3.17. The summed E-state index contributed by atoms with van der Waals surface area (Å²) in [7, 11) is 0. The van der Waals surface area contributed by atoms with Gasteiger partial charge in [0.2, 0.25) is 0 Å². The summed E-state index contributed by atoms with van der Waals surface area (Å²) >= 11 is 0. The lowest BCUT2D eigenvalue weighted by Crippen LogP contribution is -2.07. The normalized spacial score (nSPS) is 12.4. The molecule has 17 heavy (non-hydrogen) atoms. The van der Waals surface area contributed by atoms with E-state index in [2.05, 4.69) is 19.1 Å². The third kappa shape index (κ3) is 4.59. The molecule has 2 nitrogen and oxygen atoms in total. The molecule has 1 atom stereocenters. The second kappa shape index (κ2) is 7.10. The zero-order valence-electron chi connectivity index (χ0n) is 10.8. The average molecular weight is 234 g/mol. The van der Waals surface area contributed by atoms with Crippen molar-refractivity contribution in [3.63, 3.8) is 0 Å². The van der Waals surface area contributed by atoms with Crippen LogP contribution in [0.3, 0.4) is 0 Å². The Morgan fingerprint density at radius 2 is 1.82 bits per heavy atom. The number of rotatable bonds is 7. The molecule has 1 aromatic rings. The second-order valence-electron chi connectivity index (χ2n) is 4.61. The molecule has 0 spiro atoms. The van der Waals surface area contributed by atoms with Crippen LogP contribution in [0.1, 0.15) is 56.6 Å². The molecule has 0 heterocycles. The summed E-state index contributed by atoms with van der Waals surface area (Å²) < 4.78 is 0. The molecule has 0 aliphatic rings. The van der Waals surface area contributed by atoms with Crippen molar-refractivity contribution < 1.29 is 9.90 Å². The summed E-state index contributed by atoms with van der Waals surface area (Å²) in [5.74, 6) is -1.18. The summed E-state index contributed by atoms with van der Waals surface area (Å²) in [5, 5.41) is 8.91. The number of carboxylic acids is 1. The minimum atomic E-state index is -0.763. The van der Waals surface area contributed by atoms with Crippen LogP contribution in [-0.2, 0) is 11.2 Å². The number of carboxylic acid groups (broad SMARTS) is 1. The smallest absolute Gasteiger partial charge is 0.310 e. The Morgan fingerprint density at radius 1 is 1.18 bits per heavy atom. The highest BCUT2D eigenvalue weighted by molar-refractivity contribution is 5.75. The van der Waals surface area contributed by atoms with E-state index in [9.17, 15) is 4.79 Å². The average Bonchev–Trinajstić information content (AvgIpc) is 2.34. The van der Waals surface area contributed by atoms with Crippen molar-refractivity contribution in [2.75, 3.05) is 0 Å². The van der Waals surface area contributed by atoms with Crippen molar-refractivity contribution in [3.8, 4) is 0 Å². The van der Waals surface area contributed by atoms with Crippen LogP contribution >= 0.6 is 0 Å². The number of unbranched alkanes of at least 4 members (excludes halogenated alkanes) is 3. The fourth-order valence-electron chi connectivity index (χ4n) is 1.87. The Bertz CT molecular complexity index is 340. The van der Waals surface area contributed by atoms with E-state index >= 15 is 0 Å². The zero-order valence-corrected chi connectivity index (χ0v) is 10.8. The van der Waals surface area contributed by atoms with Gasteiger partial charge in [-0.25, -0.2) is 0 Å². The Kier molecular flexibility index (Phi) is 5.75. The largest absolute Gasteiger partial charge is 0.481 e. The fraction of sp³-hybridized carbons (Fsp3) is 0.533. The highest BCUT2D eigenvalue weighted by Crippen LogP contribution is 2.17. The first-order valence-corrected chi connectivity index (χ1v) is 6.46. The molecule has 1 rings (SSSR count). The molecule has 1 unspecified atom stereocenters. The number of hydrogen-bond acceptors (Lipinski definition) is 1. The lowest BCUT2D eigenvalue weighted by molar-refractivity contribution is -0.138. The van der Waals surface area contributed by atoms with Gasteiger partial charge in [-0.1, -0.05) is 50.5 Å². The summed E-state index contributed by atoms with van der Waals surface area (Å²) in [5.41, 5.74) is 2.19. The van der Waals surface area contributed by atoms with E-state index < -0.39 is 11.9 Å². The van der Waals surface area contributed by atoms with Gasteiger partial charge in [0, 0.05) is 0 Å². The number of benzene rings is 1. The van der Waals surface area contributed by atoms with E-state index in [4.69, 9.17) is 5.11 Å². The predicted molar refractivity (Wildman–Crippen MR) is 70.3 cm³/mol. The summed E-state index contributed by atoms with van der Waals surface area (Å²) in [6, 6.07) is 7.99. The standard InChI is InChI=1S/C15H22O2/c1-3-4-5-6-7-13-8-10-14(11-9-13)12(2)15(16)17/h8-12H,3-7H2,1-2H3,(H,16,17). The molecular formula is C15H22O2. The number of aryl methyl sites for hydroxylation is 1. The van der Waals surface area contributed by atoms with Crippen molar-refractivity contribution in [2.45, 2.75) is 51.9 Å². The summed E-state index contributed by atoms with van der Waals surface area (Å²) in [4.78, 5) is 10.8. The van der Waals surface area contributed by atoms with Crippen molar-refractivity contribution in [1.29, 1.82) is 0 Å². The van der Waals surface area contributed by atoms with Gasteiger partial charge < -0.3 is 5.11 Å². The van der Waals surface area contributed by atoms with E-state index in [-0.39, 0.29) is 0 Å². The zero-order chi connectivity index (χ0) is 12.7. The van der Waals surface area contributed by atoms with Gasteiger partial charge in [-0.3, -0.25) is 4.79 Å². The lowest BCUT2D eigenvalue weighted by atomic mass is 9.98. The third-order valence-electron chi connectivity index (χ3n) is 3.17. The minimum absolute atomic E-state index is 0.413. The Hall–Kier alpha value is -1.31. The molecule has 1 N–H and O–H groups in total. The van der Waals surface area contributed by atoms with Crippen LogP contribution in [0.2, 0.25) is 0 Å². The number of carbonyl (C=O) groups is 1. The van der Waals surface area contributed by atoms with E-state index in [1.807, 2.05) is 12.1 Å². The highest BCUT2D eigenvalue weighted by atomic mass is 16.4. The SMILES string of the molecule is CCCCCCc1ccc(C(C)C(=O)O)cc1. The Morgan fingerprint density at radius 3 is 2.35 bits per heavy atom. The first kappa shape index (κ1) is 13.8. The van der Waals surface area contributed by atoms with Crippen molar-refractivity contribution in [3.05, 3.63) is 35.4 Å². The summed E-state index contributed by atoms with van der Waals surface area (Å²) in [6.45, 7) is 3.93. The van der Waals surface area contributed by atoms with Crippen molar-refractivity contribution >= 4 is 5.97 Å². The molecule has 0 saturated carbocycles. The predicted octanol–water partition coefficient (Wildman–Crippen LogP) is 4.00. The minimum Gasteiger partial charge on any atom is -0.481 e. The maximum atomic E-state index is 10.8. The Labute approximate surface area is 104 Å². The van der Waals surface area contributed by atoms with E-state index in [0.29, 0.717) is 0 Å². The van der Waals surface area contributed by atoms with Crippen LogP contribution in [0.4, 0.5) is 0 Å². The first-order chi connectivity index (χ1) is 8.15. The van der Waals surface area contributed by atoms with Gasteiger partial charge in [0.05, 0.1) is 5.92 Å². The molecule has 0 aromatic heterocycles. The molecule has 0 radical (unpaired) electrons. The monoisotopic (exact) mass is 234 g/mol. The van der Waals surface area contributed by atoms with Crippen LogP contribution in [0.25, 0.3) is 0 Å². The Balaban J connectivity index is 2.47. The van der Waals surface area contributed by atoms with Gasteiger partial charge in [-0.05, 0) is 30.9 Å². The van der Waals surface area contributed by atoms with Gasteiger partial charge in [0.25, 0.3) is 0 Å². The molecule has 0 aliphatic carbocycles. The number of aliphatic carboxylic acids is 1. The van der Waals surface area contributed by atoms with Crippen LogP contribution in [0.15, 0.2) is 24.3 Å². The van der Waals surface area contributed by atoms with Gasteiger partial charge in [-0.2, -0.15) is 0 Å². The maximum Gasteiger partial charge on any atom is 0.310 e. The van der Waals surface area contributed by atoms with Crippen LogP contribution in [0.5, 0.6) is 0 Å². The topological polar surface area (TPSA) is 37.3 Å². The van der Waals surface area contributed by atoms with E-state index in [1.165, 1.54) is 31.2 Å². The van der Waals surface area contributed by atoms with Gasteiger partial charge in [-0.15, -0.1) is 0 Å². The van der Waals surface area contributed by atoms with Gasteiger partial charge >= 0.3 is 5.97 Å². The van der Waals surface area contributed by atoms with Gasteiger partial charge in [0.15, 0.2) is 0 Å². The van der Waals surface area contributed by atoms with Crippen molar-refractivity contribution in [2.24, 2.45) is 0 Å². The molecule has 0 bridgehead atoms. The van der Waals surface area contributed by atoms with Crippen molar-refractivity contribution in [1.82, 2.24) is 0 Å². The van der Waals surface area contributed by atoms with E-state index in [0.717, 1.165) is 12.0 Å². The van der Waals surface area contributed by atoms with E-state index in [1.54, 1.807) is 6.92 Å². The first-order valence-electron chi connectivity index (χ1n) is 6.46.